The molecule has 0 fully saturated rings. The van der Waals surface area contributed by atoms with Crippen LogP contribution in [0.5, 0.6) is 0 Å². The number of thiophene rings is 1. The molecule has 0 saturated carbocycles. The van der Waals surface area contributed by atoms with Crippen LogP contribution in [0.15, 0.2) is 16.3 Å². The molecular weight excluding hydrogens is 280 g/mol. The van der Waals surface area contributed by atoms with E-state index in [4.69, 9.17) is 6.42 Å². The van der Waals surface area contributed by atoms with Crippen LogP contribution >= 0.6 is 11.3 Å². The van der Waals surface area contributed by atoms with Gasteiger partial charge in [-0.15, -0.1) is 17.8 Å². The maximum absolute atomic E-state index is 12.4. The number of sulfonamides is 1. The Morgan fingerprint density at radius 2 is 2.21 bits per heavy atom. The van der Waals surface area contributed by atoms with Gasteiger partial charge in [0, 0.05) is 23.3 Å². The molecule has 0 saturated heterocycles. The summed E-state index contributed by atoms with van der Waals surface area (Å²) in [5.74, 6) is 2.41. The van der Waals surface area contributed by atoms with E-state index in [0.29, 0.717) is 18.0 Å². The van der Waals surface area contributed by atoms with Crippen molar-refractivity contribution in [1.82, 2.24) is 9.62 Å². The Bertz CT molecular complexity index is 529. The third kappa shape index (κ3) is 4.32. The van der Waals surface area contributed by atoms with Crippen LogP contribution in [0.3, 0.4) is 0 Å². The summed E-state index contributed by atoms with van der Waals surface area (Å²) in [5.41, 5.74) is 0. The summed E-state index contributed by atoms with van der Waals surface area (Å²) in [6.07, 6.45) is 5.99. The molecule has 0 aliphatic heterocycles. The summed E-state index contributed by atoms with van der Waals surface area (Å²) in [6.45, 7) is 6.07. The zero-order chi connectivity index (χ0) is 14.3. The van der Waals surface area contributed by atoms with Crippen LogP contribution in [0, 0.1) is 12.3 Å². The largest absolute Gasteiger partial charge is 0.312 e. The summed E-state index contributed by atoms with van der Waals surface area (Å²) in [5, 5.41) is 4.86. The van der Waals surface area contributed by atoms with E-state index >= 15 is 0 Å². The molecule has 0 atom stereocenters. The van der Waals surface area contributed by atoms with E-state index in [1.165, 1.54) is 15.6 Å². The van der Waals surface area contributed by atoms with Crippen molar-refractivity contribution in [2.45, 2.75) is 31.7 Å². The van der Waals surface area contributed by atoms with Crippen LogP contribution in [0.4, 0.5) is 0 Å². The van der Waals surface area contributed by atoms with E-state index in [2.05, 4.69) is 11.2 Å². The van der Waals surface area contributed by atoms with Gasteiger partial charge in [-0.2, -0.15) is 4.31 Å². The van der Waals surface area contributed by atoms with Gasteiger partial charge in [0.15, 0.2) is 0 Å². The summed E-state index contributed by atoms with van der Waals surface area (Å²) >= 11 is 1.45. The molecule has 1 rings (SSSR count). The fourth-order valence-electron chi connectivity index (χ4n) is 1.62. The van der Waals surface area contributed by atoms with E-state index < -0.39 is 10.0 Å². The molecule has 0 radical (unpaired) electrons. The van der Waals surface area contributed by atoms with Crippen molar-refractivity contribution < 1.29 is 8.42 Å². The van der Waals surface area contributed by atoms with Gasteiger partial charge in [0.2, 0.25) is 10.0 Å². The summed E-state index contributed by atoms with van der Waals surface area (Å²) < 4.78 is 26.2. The second kappa shape index (κ2) is 7.65. The second-order valence-corrected chi connectivity index (χ2v) is 7.01. The SMILES string of the molecule is C#CCN(CCC)S(=O)(=O)c1csc(CNCC)c1. The van der Waals surface area contributed by atoms with Gasteiger partial charge in [-0.05, 0) is 19.0 Å². The van der Waals surface area contributed by atoms with E-state index in [1.54, 1.807) is 11.4 Å². The van der Waals surface area contributed by atoms with Crippen LogP contribution in [0.2, 0.25) is 0 Å². The minimum absolute atomic E-state index is 0.120. The highest BCUT2D eigenvalue weighted by Crippen LogP contribution is 2.22. The van der Waals surface area contributed by atoms with E-state index in [0.717, 1.165) is 17.8 Å². The Morgan fingerprint density at radius 1 is 1.47 bits per heavy atom. The van der Waals surface area contributed by atoms with Crippen molar-refractivity contribution in [3.63, 3.8) is 0 Å². The zero-order valence-electron chi connectivity index (χ0n) is 11.3. The highest BCUT2D eigenvalue weighted by molar-refractivity contribution is 7.89. The lowest BCUT2D eigenvalue weighted by molar-refractivity contribution is 0.446. The molecule has 106 valence electrons. The Balaban J connectivity index is 2.91. The molecular formula is C13H20N2O2S2. The van der Waals surface area contributed by atoms with Gasteiger partial charge >= 0.3 is 0 Å². The van der Waals surface area contributed by atoms with E-state index in [-0.39, 0.29) is 6.54 Å². The van der Waals surface area contributed by atoms with Crippen molar-refractivity contribution in [3.05, 3.63) is 16.3 Å². The van der Waals surface area contributed by atoms with Crippen LogP contribution in [-0.2, 0) is 16.6 Å². The maximum Gasteiger partial charge on any atom is 0.244 e. The molecule has 1 aromatic heterocycles. The lowest BCUT2D eigenvalue weighted by atomic mass is 10.4. The zero-order valence-corrected chi connectivity index (χ0v) is 13.0. The summed E-state index contributed by atoms with van der Waals surface area (Å²) in [7, 11) is -3.46. The third-order valence-corrected chi connectivity index (χ3v) is 5.47. The van der Waals surface area contributed by atoms with Crippen LogP contribution in [-0.4, -0.2) is 32.4 Å². The second-order valence-electron chi connectivity index (χ2n) is 4.07. The maximum atomic E-state index is 12.4. The molecule has 4 nitrogen and oxygen atoms in total. The predicted molar refractivity (Wildman–Crippen MR) is 79.6 cm³/mol. The van der Waals surface area contributed by atoms with E-state index in [9.17, 15) is 8.42 Å². The molecule has 1 aromatic rings. The molecule has 0 bridgehead atoms. The molecule has 1 heterocycles. The molecule has 19 heavy (non-hydrogen) atoms. The number of nitrogens with zero attached hydrogens (tertiary/aromatic N) is 1. The average molecular weight is 300 g/mol. The highest BCUT2D eigenvalue weighted by Gasteiger charge is 2.24. The Hall–Kier alpha value is -0.870. The summed E-state index contributed by atoms with van der Waals surface area (Å²) in [6, 6.07) is 1.72. The van der Waals surface area contributed by atoms with Gasteiger partial charge in [-0.25, -0.2) is 8.42 Å². The van der Waals surface area contributed by atoms with Crippen molar-refractivity contribution in [3.8, 4) is 12.3 Å². The molecule has 0 amide bonds. The van der Waals surface area contributed by atoms with Crippen LogP contribution in [0.25, 0.3) is 0 Å². The standard InChI is InChI=1S/C13H20N2O2S2/c1-4-7-15(8-5-2)19(16,17)13-9-12(18-11-13)10-14-6-3/h1,9,11,14H,5-8,10H2,2-3H3. The first-order valence-electron chi connectivity index (χ1n) is 6.28. The van der Waals surface area contributed by atoms with Crippen LogP contribution < -0.4 is 5.32 Å². The first kappa shape index (κ1) is 16.2. The first-order chi connectivity index (χ1) is 9.06. The highest BCUT2D eigenvalue weighted by atomic mass is 32.2. The molecule has 6 heteroatoms. The lowest BCUT2D eigenvalue weighted by Crippen LogP contribution is -2.32. The van der Waals surface area contributed by atoms with Crippen molar-refractivity contribution in [2.75, 3.05) is 19.6 Å². The Morgan fingerprint density at radius 3 is 2.79 bits per heavy atom. The van der Waals surface area contributed by atoms with Crippen molar-refractivity contribution in [1.29, 1.82) is 0 Å². The Kier molecular flexibility index (Phi) is 6.52. The minimum Gasteiger partial charge on any atom is -0.312 e. The van der Waals surface area contributed by atoms with Crippen molar-refractivity contribution >= 4 is 21.4 Å². The van der Waals surface area contributed by atoms with Gasteiger partial charge in [0.25, 0.3) is 0 Å². The topological polar surface area (TPSA) is 49.4 Å². The first-order valence-corrected chi connectivity index (χ1v) is 8.60. The number of terminal acetylenes is 1. The normalized spacial score (nSPS) is 11.7. The molecule has 0 unspecified atom stereocenters. The number of rotatable bonds is 8. The molecule has 0 spiro atoms. The number of nitrogens with one attached hydrogen (secondary N) is 1. The molecule has 0 aromatic carbocycles. The fraction of sp³-hybridized carbons (Fsp3) is 0.538. The lowest BCUT2D eigenvalue weighted by Gasteiger charge is -2.18. The Labute approximate surface area is 119 Å². The number of hydrogen-bond acceptors (Lipinski definition) is 4. The van der Waals surface area contributed by atoms with Gasteiger partial charge < -0.3 is 5.32 Å². The number of hydrogen-bond donors (Lipinski definition) is 1. The third-order valence-electron chi connectivity index (χ3n) is 2.56. The quantitative estimate of drug-likeness (QED) is 0.746. The van der Waals surface area contributed by atoms with Gasteiger partial charge in [-0.3, -0.25) is 0 Å². The van der Waals surface area contributed by atoms with Gasteiger partial charge in [-0.1, -0.05) is 19.8 Å². The van der Waals surface area contributed by atoms with Crippen LogP contribution in [0.1, 0.15) is 25.1 Å². The van der Waals surface area contributed by atoms with Gasteiger partial charge in [0.1, 0.15) is 0 Å². The van der Waals surface area contributed by atoms with E-state index in [1.807, 2.05) is 13.8 Å². The van der Waals surface area contributed by atoms with Gasteiger partial charge in [0.05, 0.1) is 11.4 Å². The minimum atomic E-state index is -3.46. The predicted octanol–water partition coefficient (Wildman–Crippen LogP) is 1.89. The fourth-order valence-corrected chi connectivity index (χ4v) is 4.30. The molecule has 0 aliphatic carbocycles. The average Bonchev–Trinajstić information content (AvgIpc) is 2.85. The molecule has 1 N–H and O–H groups in total. The summed E-state index contributed by atoms with van der Waals surface area (Å²) in [4.78, 5) is 1.35. The smallest absolute Gasteiger partial charge is 0.244 e. The molecule has 0 aliphatic rings. The van der Waals surface area contributed by atoms with Crippen molar-refractivity contribution in [2.24, 2.45) is 0 Å². The monoisotopic (exact) mass is 300 g/mol.